The molecule has 3 heterocycles. The van der Waals surface area contributed by atoms with Crippen LogP contribution in [0.3, 0.4) is 0 Å². The van der Waals surface area contributed by atoms with Gasteiger partial charge in [0.2, 0.25) is 5.13 Å². The van der Waals surface area contributed by atoms with Crippen molar-refractivity contribution >= 4 is 51.8 Å². The number of hydrogen-bond donors (Lipinski definition) is 2. The van der Waals surface area contributed by atoms with Gasteiger partial charge in [0.1, 0.15) is 6.61 Å². The summed E-state index contributed by atoms with van der Waals surface area (Å²) >= 11 is 7.82. The maximum absolute atomic E-state index is 11.8. The topological polar surface area (TPSA) is 111 Å². The van der Waals surface area contributed by atoms with E-state index in [1.165, 1.54) is 24.6 Å². The molecular formula is C19H17ClN6O3S. The fourth-order valence-corrected chi connectivity index (χ4v) is 3.76. The van der Waals surface area contributed by atoms with Gasteiger partial charge in [-0.25, -0.2) is 4.79 Å². The average molecular weight is 445 g/mol. The molecule has 11 heteroatoms. The predicted molar refractivity (Wildman–Crippen MR) is 116 cm³/mol. The monoisotopic (exact) mass is 444 g/mol. The van der Waals surface area contributed by atoms with Crippen LogP contribution in [0.25, 0.3) is 10.6 Å². The number of nitrogens with zero attached hydrogens (tertiary/aromatic N) is 4. The normalized spacial score (nSPS) is 11.9. The van der Waals surface area contributed by atoms with Gasteiger partial charge in [-0.1, -0.05) is 29.0 Å². The number of anilines is 3. The van der Waals surface area contributed by atoms with Gasteiger partial charge in [0.05, 0.1) is 35.7 Å². The summed E-state index contributed by atoms with van der Waals surface area (Å²) in [6, 6.07) is 5.63. The maximum Gasteiger partial charge on any atom is 0.411 e. The first-order chi connectivity index (χ1) is 14.6. The number of benzene rings is 1. The standard InChI is InChI=1S/C19H17ClN6O3S/c1-28-4-5-29-19(27)23-13-6-12(8-21-9-13)17-25-26-18(30-17)24-15-3-2-11-7-22-10-14(11)16(15)20/h2-3,6,8-10H,4-5,7H2,1H3,(H,23,27)(H,24,26). The lowest BCUT2D eigenvalue weighted by molar-refractivity contribution is 0.107. The van der Waals surface area contributed by atoms with Crippen molar-refractivity contribution in [3.63, 3.8) is 0 Å². The lowest BCUT2D eigenvalue weighted by atomic mass is 10.1. The van der Waals surface area contributed by atoms with Crippen molar-refractivity contribution in [3.05, 3.63) is 46.7 Å². The molecule has 0 saturated carbocycles. The van der Waals surface area contributed by atoms with Gasteiger partial charge in [0, 0.05) is 30.6 Å². The number of hydrogen-bond acceptors (Lipinski definition) is 9. The SMILES string of the molecule is COCCOC(=O)Nc1cncc(-c2nnc(Nc3ccc4c(c3Cl)C=NC4)s2)c1. The van der Waals surface area contributed by atoms with E-state index >= 15 is 0 Å². The number of fused-ring (bicyclic) bond motifs is 1. The van der Waals surface area contributed by atoms with Gasteiger partial charge in [-0.15, -0.1) is 10.2 Å². The molecule has 0 atom stereocenters. The summed E-state index contributed by atoms with van der Waals surface area (Å²) in [6.45, 7) is 1.14. The number of halogens is 1. The van der Waals surface area contributed by atoms with Crippen molar-refractivity contribution in [3.8, 4) is 10.6 Å². The smallest absolute Gasteiger partial charge is 0.411 e. The van der Waals surface area contributed by atoms with Crippen LogP contribution in [0.4, 0.5) is 21.3 Å². The molecule has 9 nitrogen and oxygen atoms in total. The molecule has 4 rings (SSSR count). The second-order valence-corrected chi connectivity index (χ2v) is 7.58. The molecule has 30 heavy (non-hydrogen) atoms. The van der Waals surface area contributed by atoms with Crippen molar-refractivity contribution in [2.24, 2.45) is 4.99 Å². The number of nitrogens with one attached hydrogen (secondary N) is 2. The Morgan fingerprint density at radius 1 is 1.27 bits per heavy atom. The van der Waals surface area contributed by atoms with E-state index in [1.54, 1.807) is 18.5 Å². The van der Waals surface area contributed by atoms with Crippen molar-refractivity contribution < 1.29 is 14.3 Å². The molecule has 0 aliphatic carbocycles. The Balaban J connectivity index is 1.45. The first-order valence-corrected chi connectivity index (χ1v) is 10.1. The van der Waals surface area contributed by atoms with E-state index < -0.39 is 6.09 Å². The zero-order valence-electron chi connectivity index (χ0n) is 15.9. The highest BCUT2D eigenvalue weighted by atomic mass is 35.5. The molecule has 0 radical (unpaired) electrons. The zero-order valence-corrected chi connectivity index (χ0v) is 17.5. The van der Waals surface area contributed by atoms with E-state index in [4.69, 9.17) is 21.1 Å². The average Bonchev–Trinajstić information content (AvgIpc) is 3.40. The van der Waals surface area contributed by atoms with Crippen LogP contribution in [-0.4, -0.2) is 47.8 Å². The third kappa shape index (κ3) is 4.56. The lowest BCUT2D eigenvalue weighted by Crippen LogP contribution is -2.16. The molecule has 2 N–H and O–H groups in total. The number of amides is 1. The summed E-state index contributed by atoms with van der Waals surface area (Å²) in [4.78, 5) is 20.2. The molecule has 1 aliphatic rings. The number of aliphatic imine (C=N–C) groups is 1. The first-order valence-electron chi connectivity index (χ1n) is 8.94. The van der Waals surface area contributed by atoms with Crippen molar-refractivity contribution in [1.82, 2.24) is 15.2 Å². The van der Waals surface area contributed by atoms with Crippen LogP contribution in [0.15, 0.2) is 35.6 Å². The minimum atomic E-state index is -0.583. The van der Waals surface area contributed by atoms with Gasteiger partial charge >= 0.3 is 6.09 Å². The summed E-state index contributed by atoms with van der Waals surface area (Å²) in [5.41, 5.74) is 3.95. The third-order valence-electron chi connectivity index (χ3n) is 4.17. The molecule has 0 unspecified atom stereocenters. The number of carbonyl (C=O) groups is 1. The van der Waals surface area contributed by atoms with Crippen LogP contribution in [0.1, 0.15) is 11.1 Å². The van der Waals surface area contributed by atoms with Crippen LogP contribution in [0.2, 0.25) is 5.02 Å². The van der Waals surface area contributed by atoms with Crippen molar-refractivity contribution in [2.75, 3.05) is 31.0 Å². The molecular weight excluding hydrogens is 428 g/mol. The number of pyridine rings is 1. The Labute approximate surface area is 181 Å². The molecule has 3 aromatic rings. The highest BCUT2D eigenvalue weighted by Crippen LogP contribution is 2.34. The van der Waals surface area contributed by atoms with Gasteiger partial charge in [-0.2, -0.15) is 0 Å². The van der Waals surface area contributed by atoms with E-state index in [0.29, 0.717) is 39.6 Å². The van der Waals surface area contributed by atoms with E-state index in [0.717, 1.165) is 16.8 Å². The van der Waals surface area contributed by atoms with E-state index in [1.807, 2.05) is 12.1 Å². The van der Waals surface area contributed by atoms with Crippen LogP contribution in [0.5, 0.6) is 0 Å². The molecule has 154 valence electrons. The molecule has 1 amide bonds. The number of carbonyl (C=O) groups excluding carboxylic acids is 1. The molecule has 0 bridgehead atoms. The summed E-state index contributed by atoms with van der Waals surface area (Å²) in [7, 11) is 1.53. The second-order valence-electron chi connectivity index (χ2n) is 6.22. The highest BCUT2D eigenvalue weighted by Gasteiger charge is 2.15. The van der Waals surface area contributed by atoms with Gasteiger partial charge < -0.3 is 14.8 Å². The molecule has 1 aromatic carbocycles. The number of aromatic nitrogens is 3. The minimum absolute atomic E-state index is 0.165. The largest absolute Gasteiger partial charge is 0.447 e. The fourth-order valence-electron chi connectivity index (χ4n) is 2.74. The predicted octanol–water partition coefficient (Wildman–Crippen LogP) is 4.12. The summed E-state index contributed by atoms with van der Waals surface area (Å²) in [5.74, 6) is 0. The Morgan fingerprint density at radius 2 is 2.17 bits per heavy atom. The van der Waals surface area contributed by atoms with Crippen molar-refractivity contribution in [2.45, 2.75) is 6.54 Å². The van der Waals surface area contributed by atoms with Crippen LogP contribution < -0.4 is 10.6 Å². The molecule has 0 fully saturated rings. The van der Waals surface area contributed by atoms with E-state index in [2.05, 4.69) is 30.8 Å². The minimum Gasteiger partial charge on any atom is -0.447 e. The third-order valence-corrected chi connectivity index (χ3v) is 5.47. The second kappa shape index (κ2) is 9.16. The van der Waals surface area contributed by atoms with E-state index in [9.17, 15) is 4.79 Å². The quantitative estimate of drug-likeness (QED) is 0.527. The van der Waals surface area contributed by atoms with Crippen LogP contribution >= 0.6 is 22.9 Å². The van der Waals surface area contributed by atoms with Crippen LogP contribution in [-0.2, 0) is 16.0 Å². The summed E-state index contributed by atoms with van der Waals surface area (Å²) in [5, 5.41) is 16.0. The summed E-state index contributed by atoms with van der Waals surface area (Å²) < 4.78 is 9.83. The highest BCUT2D eigenvalue weighted by molar-refractivity contribution is 7.18. The summed E-state index contributed by atoms with van der Waals surface area (Å²) in [6.07, 6.45) is 4.36. The molecule has 0 saturated heterocycles. The lowest BCUT2D eigenvalue weighted by Gasteiger charge is -2.08. The zero-order chi connectivity index (χ0) is 20.9. The Morgan fingerprint density at radius 3 is 3.03 bits per heavy atom. The Bertz CT molecular complexity index is 1100. The Hall–Kier alpha value is -3.08. The van der Waals surface area contributed by atoms with Gasteiger partial charge in [-0.3, -0.25) is 15.3 Å². The first kappa shape index (κ1) is 20.2. The van der Waals surface area contributed by atoms with Crippen molar-refractivity contribution in [1.29, 1.82) is 0 Å². The number of rotatable bonds is 7. The molecule has 0 spiro atoms. The molecule has 2 aromatic heterocycles. The molecule has 1 aliphatic heterocycles. The maximum atomic E-state index is 11.8. The fraction of sp³-hybridized carbons (Fsp3) is 0.211. The Kier molecular flexibility index (Phi) is 6.17. The van der Waals surface area contributed by atoms with Crippen LogP contribution in [0, 0.1) is 0 Å². The number of ether oxygens (including phenoxy) is 2. The van der Waals surface area contributed by atoms with E-state index in [-0.39, 0.29) is 6.61 Å². The van der Waals surface area contributed by atoms with Gasteiger partial charge in [0.15, 0.2) is 5.01 Å². The van der Waals surface area contributed by atoms with Gasteiger partial charge in [-0.05, 0) is 17.7 Å². The van der Waals surface area contributed by atoms with Gasteiger partial charge in [0.25, 0.3) is 0 Å². The number of methoxy groups -OCH3 is 1.